The fourth-order valence-corrected chi connectivity index (χ4v) is 1.82. The van der Waals surface area contributed by atoms with Crippen molar-refractivity contribution < 1.29 is 30.0 Å². The highest BCUT2D eigenvalue weighted by atomic mass is 16.6. The van der Waals surface area contributed by atoms with E-state index in [1.807, 2.05) is 0 Å². The van der Waals surface area contributed by atoms with Crippen LogP contribution in [0.4, 0.5) is 0 Å². The van der Waals surface area contributed by atoms with Crippen molar-refractivity contribution in [3.8, 4) is 0 Å². The number of hydrogen-bond donors (Lipinski definition) is 4. The number of rotatable bonds is 2. The molecule has 0 heterocycles. The standard InChI is InChI=1S/C13H12O6/c14-10-6-9(7-12(16,17)13(10,18)19)11(15)8-4-2-1-3-5-8/h1-5,7,16-19H,6H2. The second-order valence-electron chi connectivity index (χ2n) is 4.36. The fourth-order valence-electron chi connectivity index (χ4n) is 1.82. The van der Waals surface area contributed by atoms with Gasteiger partial charge in [-0.3, -0.25) is 9.59 Å². The molecule has 6 heteroatoms. The van der Waals surface area contributed by atoms with Crippen LogP contribution < -0.4 is 0 Å². The molecule has 0 amide bonds. The highest BCUT2D eigenvalue weighted by Crippen LogP contribution is 2.31. The third-order valence-corrected chi connectivity index (χ3v) is 2.96. The molecule has 0 atom stereocenters. The minimum Gasteiger partial charge on any atom is -0.358 e. The third kappa shape index (κ3) is 2.22. The third-order valence-electron chi connectivity index (χ3n) is 2.96. The lowest BCUT2D eigenvalue weighted by molar-refractivity contribution is -0.315. The zero-order chi connectivity index (χ0) is 14.3. The molecule has 0 unspecified atom stereocenters. The predicted molar refractivity (Wildman–Crippen MR) is 62.8 cm³/mol. The number of hydrogen-bond acceptors (Lipinski definition) is 6. The van der Waals surface area contributed by atoms with E-state index >= 15 is 0 Å². The first-order valence-electron chi connectivity index (χ1n) is 5.50. The highest BCUT2D eigenvalue weighted by Gasteiger charge is 2.55. The molecule has 0 fully saturated rings. The van der Waals surface area contributed by atoms with Crippen LogP contribution in [0.15, 0.2) is 42.0 Å². The van der Waals surface area contributed by atoms with E-state index < -0.39 is 29.6 Å². The fraction of sp³-hybridized carbons (Fsp3) is 0.231. The summed E-state index contributed by atoms with van der Waals surface area (Å²) in [5.74, 6) is -8.33. The summed E-state index contributed by atoms with van der Waals surface area (Å²) in [4.78, 5) is 23.5. The van der Waals surface area contributed by atoms with Crippen LogP contribution >= 0.6 is 0 Å². The molecule has 1 aliphatic carbocycles. The van der Waals surface area contributed by atoms with E-state index in [9.17, 15) is 30.0 Å². The van der Waals surface area contributed by atoms with Gasteiger partial charge in [0.05, 0.1) is 0 Å². The molecule has 0 saturated heterocycles. The van der Waals surface area contributed by atoms with Crippen molar-refractivity contribution in [1.29, 1.82) is 0 Å². The molecular formula is C13H12O6. The number of aliphatic hydroxyl groups is 4. The van der Waals surface area contributed by atoms with Crippen molar-refractivity contribution >= 4 is 11.6 Å². The van der Waals surface area contributed by atoms with Crippen LogP contribution in [-0.4, -0.2) is 43.6 Å². The van der Waals surface area contributed by atoms with Crippen molar-refractivity contribution in [2.75, 3.05) is 0 Å². The number of carbonyl (C=O) groups excluding carboxylic acids is 2. The maximum Gasteiger partial charge on any atom is 0.284 e. The molecule has 0 saturated carbocycles. The Bertz CT molecular complexity index is 556. The average molecular weight is 264 g/mol. The summed E-state index contributed by atoms with van der Waals surface area (Å²) in [6, 6.07) is 7.94. The Labute approximate surface area is 108 Å². The molecule has 0 aliphatic heterocycles. The normalized spacial score (nSPS) is 20.8. The maximum absolute atomic E-state index is 12.0. The van der Waals surface area contributed by atoms with Gasteiger partial charge in [-0.05, 0) is 6.08 Å². The van der Waals surface area contributed by atoms with Crippen LogP contribution in [0.2, 0.25) is 0 Å². The van der Waals surface area contributed by atoms with E-state index in [1.165, 1.54) is 12.1 Å². The minimum absolute atomic E-state index is 0.195. The first kappa shape index (κ1) is 13.6. The van der Waals surface area contributed by atoms with Gasteiger partial charge >= 0.3 is 0 Å². The van der Waals surface area contributed by atoms with Crippen LogP contribution in [0, 0.1) is 0 Å². The Balaban J connectivity index is 2.40. The molecule has 1 aliphatic rings. The predicted octanol–water partition coefficient (Wildman–Crippen LogP) is -0.870. The van der Waals surface area contributed by atoms with Crippen molar-refractivity contribution in [2.45, 2.75) is 18.0 Å². The van der Waals surface area contributed by atoms with Gasteiger partial charge in [-0.2, -0.15) is 0 Å². The van der Waals surface area contributed by atoms with Gasteiger partial charge in [0.1, 0.15) is 0 Å². The first-order chi connectivity index (χ1) is 8.75. The minimum atomic E-state index is -3.31. The monoisotopic (exact) mass is 264 g/mol. The quantitative estimate of drug-likeness (QED) is 0.408. The molecule has 0 bridgehead atoms. The summed E-state index contributed by atoms with van der Waals surface area (Å²) >= 11 is 0. The molecule has 4 N–H and O–H groups in total. The summed E-state index contributed by atoms with van der Waals surface area (Å²) in [5.41, 5.74) is 0.0701. The second-order valence-corrected chi connectivity index (χ2v) is 4.36. The summed E-state index contributed by atoms with van der Waals surface area (Å²) < 4.78 is 0. The van der Waals surface area contributed by atoms with E-state index in [0.29, 0.717) is 6.08 Å². The number of allylic oxidation sites excluding steroid dienone is 1. The first-order valence-corrected chi connectivity index (χ1v) is 5.50. The van der Waals surface area contributed by atoms with Gasteiger partial charge in [0.25, 0.3) is 5.79 Å². The Morgan fingerprint density at radius 3 is 2.16 bits per heavy atom. The van der Waals surface area contributed by atoms with Gasteiger partial charge in [-0.15, -0.1) is 0 Å². The van der Waals surface area contributed by atoms with E-state index in [4.69, 9.17) is 0 Å². The second kappa shape index (κ2) is 4.36. The lowest BCUT2D eigenvalue weighted by Crippen LogP contribution is -2.61. The van der Waals surface area contributed by atoms with Crippen LogP contribution in [0.5, 0.6) is 0 Å². The van der Waals surface area contributed by atoms with Crippen molar-refractivity contribution in [1.82, 2.24) is 0 Å². The van der Waals surface area contributed by atoms with Gasteiger partial charge in [0.15, 0.2) is 5.78 Å². The van der Waals surface area contributed by atoms with Crippen molar-refractivity contribution in [3.05, 3.63) is 47.5 Å². The molecular weight excluding hydrogens is 252 g/mol. The Morgan fingerprint density at radius 1 is 1.05 bits per heavy atom. The van der Waals surface area contributed by atoms with Crippen LogP contribution in [0.25, 0.3) is 0 Å². The Kier molecular flexibility index (Phi) is 3.11. The summed E-state index contributed by atoms with van der Waals surface area (Å²) in [5, 5.41) is 37.5. The van der Waals surface area contributed by atoms with Crippen molar-refractivity contribution in [2.24, 2.45) is 0 Å². The van der Waals surface area contributed by atoms with E-state index in [-0.39, 0.29) is 11.1 Å². The molecule has 6 nitrogen and oxygen atoms in total. The average Bonchev–Trinajstić information content (AvgIpc) is 2.36. The molecule has 0 aromatic heterocycles. The summed E-state index contributed by atoms with van der Waals surface area (Å²) in [7, 11) is 0. The van der Waals surface area contributed by atoms with Gasteiger partial charge in [-0.1, -0.05) is 30.3 Å². The topological polar surface area (TPSA) is 115 Å². The maximum atomic E-state index is 12.0. The smallest absolute Gasteiger partial charge is 0.284 e. The molecule has 0 radical (unpaired) electrons. The Morgan fingerprint density at radius 2 is 1.63 bits per heavy atom. The zero-order valence-electron chi connectivity index (χ0n) is 9.78. The van der Waals surface area contributed by atoms with Gasteiger partial charge in [0, 0.05) is 17.6 Å². The Hall–Kier alpha value is -1.86. The molecule has 100 valence electrons. The van der Waals surface area contributed by atoms with Gasteiger partial charge in [-0.25, -0.2) is 0 Å². The molecule has 1 aromatic carbocycles. The number of Topliss-reactive ketones (excluding diaryl/α,β-unsaturated/α-hetero) is 2. The zero-order valence-corrected chi connectivity index (χ0v) is 9.78. The highest BCUT2D eigenvalue weighted by molar-refractivity contribution is 6.12. The number of ketones is 2. The van der Waals surface area contributed by atoms with Crippen molar-refractivity contribution in [3.63, 3.8) is 0 Å². The van der Waals surface area contributed by atoms with Gasteiger partial charge in [0.2, 0.25) is 11.6 Å². The lowest BCUT2D eigenvalue weighted by Gasteiger charge is -2.35. The number of benzene rings is 1. The lowest BCUT2D eigenvalue weighted by atomic mass is 9.85. The molecule has 0 spiro atoms. The summed E-state index contributed by atoms with van der Waals surface area (Å²) in [6.45, 7) is 0. The largest absolute Gasteiger partial charge is 0.358 e. The van der Waals surface area contributed by atoms with Crippen LogP contribution in [-0.2, 0) is 4.79 Å². The van der Waals surface area contributed by atoms with Gasteiger partial charge < -0.3 is 20.4 Å². The van der Waals surface area contributed by atoms with E-state index in [2.05, 4.69) is 0 Å². The summed E-state index contributed by atoms with van der Waals surface area (Å²) in [6.07, 6.45) is 0.00727. The SMILES string of the molecule is O=C(C1=CC(O)(O)C(O)(O)C(=O)C1)c1ccccc1. The van der Waals surface area contributed by atoms with E-state index in [0.717, 1.165) is 0 Å². The molecule has 1 aromatic rings. The molecule has 2 rings (SSSR count). The number of carbonyl (C=O) groups is 2. The van der Waals surface area contributed by atoms with Crippen LogP contribution in [0.3, 0.4) is 0 Å². The molecule has 19 heavy (non-hydrogen) atoms. The van der Waals surface area contributed by atoms with Crippen LogP contribution in [0.1, 0.15) is 16.8 Å². The van der Waals surface area contributed by atoms with E-state index in [1.54, 1.807) is 18.2 Å².